The third kappa shape index (κ3) is 1.65. The zero-order valence-electron chi connectivity index (χ0n) is 4.87. The van der Waals surface area contributed by atoms with Gasteiger partial charge >= 0.3 is 0 Å². The Morgan fingerprint density at radius 1 is 1.30 bits per heavy atom. The Morgan fingerprint density at radius 3 is 2.40 bits per heavy atom. The maximum absolute atomic E-state index is 5.76. The lowest BCUT2D eigenvalue weighted by molar-refractivity contribution is 1.59. The topological polar surface area (TPSA) is 26.0 Å². The summed E-state index contributed by atoms with van der Waals surface area (Å²) in [6.07, 6.45) is 0. The molecule has 0 aliphatic rings. The summed E-state index contributed by atoms with van der Waals surface area (Å²) in [5.74, 6) is 0. The number of nitrogens with two attached hydrogens (primary N) is 1. The van der Waals surface area contributed by atoms with Gasteiger partial charge in [-0.1, -0.05) is 27.5 Å². The van der Waals surface area contributed by atoms with E-state index in [1.165, 1.54) is 0 Å². The molecular weight excluding hydrogens is 281 g/mol. The minimum absolute atomic E-state index is 0.559. The minimum Gasteiger partial charge on any atom is -0.397 e. The fourth-order valence-corrected chi connectivity index (χ4v) is 1.94. The van der Waals surface area contributed by atoms with Gasteiger partial charge in [0.15, 0.2) is 0 Å². The second-order valence-electron chi connectivity index (χ2n) is 1.79. The fraction of sp³-hybridized carbons (Fsp3) is 0. The van der Waals surface area contributed by atoms with Crippen molar-refractivity contribution in [2.45, 2.75) is 0 Å². The molecule has 0 radical (unpaired) electrons. The van der Waals surface area contributed by atoms with Crippen molar-refractivity contribution >= 4 is 49.1 Å². The van der Waals surface area contributed by atoms with Crippen molar-refractivity contribution in [3.05, 3.63) is 26.1 Å². The van der Waals surface area contributed by atoms with Crippen molar-refractivity contribution in [2.75, 3.05) is 5.73 Å². The first-order chi connectivity index (χ1) is 4.61. The SMILES string of the molecule is Nc1cc(Br)cc(Br)c1Cl. The van der Waals surface area contributed by atoms with Crippen molar-refractivity contribution in [3.8, 4) is 0 Å². The summed E-state index contributed by atoms with van der Waals surface area (Å²) < 4.78 is 1.72. The third-order valence-corrected chi connectivity index (χ3v) is 2.75. The normalized spacial score (nSPS) is 9.90. The van der Waals surface area contributed by atoms with Crippen LogP contribution in [0, 0.1) is 0 Å². The molecule has 1 aromatic rings. The van der Waals surface area contributed by atoms with E-state index in [0.717, 1.165) is 8.95 Å². The Morgan fingerprint density at radius 2 is 1.90 bits per heavy atom. The molecule has 0 aliphatic carbocycles. The first kappa shape index (κ1) is 8.37. The smallest absolute Gasteiger partial charge is 0.0778 e. The summed E-state index contributed by atoms with van der Waals surface area (Å²) in [6, 6.07) is 3.60. The van der Waals surface area contributed by atoms with Crippen LogP contribution < -0.4 is 5.73 Å². The Hall–Kier alpha value is 0.270. The molecule has 1 aromatic carbocycles. The van der Waals surface area contributed by atoms with Crippen LogP contribution in [-0.2, 0) is 0 Å². The van der Waals surface area contributed by atoms with Gasteiger partial charge in [-0.05, 0) is 28.1 Å². The average molecular weight is 285 g/mol. The second-order valence-corrected chi connectivity index (χ2v) is 3.94. The maximum atomic E-state index is 5.76. The molecule has 0 aromatic heterocycles. The van der Waals surface area contributed by atoms with Gasteiger partial charge in [0.1, 0.15) is 0 Å². The Balaban J connectivity index is 3.31. The summed E-state index contributed by atoms with van der Waals surface area (Å²) in [5.41, 5.74) is 6.10. The predicted molar refractivity (Wildman–Crippen MR) is 51.3 cm³/mol. The lowest BCUT2D eigenvalue weighted by Gasteiger charge is -2.00. The summed E-state index contributed by atoms with van der Waals surface area (Å²) in [6.45, 7) is 0. The van der Waals surface area contributed by atoms with E-state index >= 15 is 0 Å². The maximum Gasteiger partial charge on any atom is 0.0778 e. The molecule has 0 bridgehead atoms. The number of rotatable bonds is 0. The Labute approximate surface area is 80.8 Å². The van der Waals surface area contributed by atoms with Gasteiger partial charge in [0.05, 0.1) is 10.7 Å². The highest BCUT2D eigenvalue weighted by atomic mass is 79.9. The zero-order chi connectivity index (χ0) is 7.72. The standard InChI is InChI=1S/C6H4Br2ClN/c7-3-1-4(8)6(9)5(10)2-3/h1-2H,10H2. The highest BCUT2D eigenvalue weighted by molar-refractivity contribution is 9.11. The molecule has 0 aliphatic heterocycles. The van der Waals surface area contributed by atoms with Crippen LogP contribution in [0.2, 0.25) is 5.02 Å². The van der Waals surface area contributed by atoms with E-state index in [-0.39, 0.29) is 0 Å². The number of anilines is 1. The second kappa shape index (κ2) is 3.11. The van der Waals surface area contributed by atoms with Crippen LogP contribution in [0.5, 0.6) is 0 Å². The molecule has 0 heterocycles. The van der Waals surface area contributed by atoms with Crippen LogP contribution in [0.3, 0.4) is 0 Å². The first-order valence-electron chi connectivity index (χ1n) is 2.51. The fourth-order valence-electron chi connectivity index (χ4n) is 0.576. The van der Waals surface area contributed by atoms with Crippen molar-refractivity contribution in [1.29, 1.82) is 0 Å². The molecule has 1 nitrogen and oxygen atoms in total. The minimum atomic E-state index is 0.559. The lowest BCUT2D eigenvalue weighted by Crippen LogP contribution is -1.86. The first-order valence-corrected chi connectivity index (χ1v) is 4.47. The molecule has 2 N–H and O–H groups in total. The molecule has 0 fully saturated rings. The van der Waals surface area contributed by atoms with Gasteiger partial charge in [-0.3, -0.25) is 0 Å². The summed E-state index contributed by atoms with van der Waals surface area (Å²) in [5, 5.41) is 0.559. The summed E-state index contributed by atoms with van der Waals surface area (Å²) >= 11 is 12.3. The van der Waals surface area contributed by atoms with E-state index in [1.807, 2.05) is 6.07 Å². The van der Waals surface area contributed by atoms with Crippen LogP contribution in [0.25, 0.3) is 0 Å². The van der Waals surface area contributed by atoms with E-state index in [1.54, 1.807) is 6.07 Å². The number of halogens is 3. The molecule has 0 saturated heterocycles. The van der Waals surface area contributed by atoms with E-state index in [2.05, 4.69) is 31.9 Å². The van der Waals surface area contributed by atoms with Gasteiger partial charge < -0.3 is 5.73 Å². The largest absolute Gasteiger partial charge is 0.397 e. The van der Waals surface area contributed by atoms with Crippen molar-refractivity contribution in [1.82, 2.24) is 0 Å². The van der Waals surface area contributed by atoms with Crippen molar-refractivity contribution in [3.63, 3.8) is 0 Å². The van der Waals surface area contributed by atoms with E-state index in [0.29, 0.717) is 10.7 Å². The van der Waals surface area contributed by atoms with Crippen molar-refractivity contribution < 1.29 is 0 Å². The van der Waals surface area contributed by atoms with Gasteiger partial charge in [0.25, 0.3) is 0 Å². The molecule has 1 rings (SSSR count). The molecule has 0 amide bonds. The van der Waals surface area contributed by atoms with Gasteiger partial charge in [0.2, 0.25) is 0 Å². The predicted octanol–water partition coefficient (Wildman–Crippen LogP) is 3.45. The average Bonchev–Trinajstić information content (AvgIpc) is 1.82. The monoisotopic (exact) mass is 283 g/mol. The molecule has 4 heteroatoms. The molecular formula is C6H4Br2ClN. The quantitative estimate of drug-likeness (QED) is 0.573. The van der Waals surface area contributed by atoms with Gasteiger partial charge in [0, 0.05) is 8.95 Å². The van der Waals surface area contributed by atoms with Crippen LogP contribution in [-0.4, -0.2) is 0 Å². The summed E-state index contributed by atoms with van der Waals surface area (Å²) in [7, 11) is 0. The molecule has 0 unspecified atom stereocenters. The number of hydrogen-bond acceptors (Lipinski definition) is 1. The Kier molecular flexibility index (Phi) is 2.61. The van der Waals surface area contributed by atoms with Crippen LogP contribution in [0.15, 0.2) is 21.1 Å². The Bertz CT molecular complexity index is 239. The molecule has 10 heavy (non-hydrogen) atoms. The van der Waals surface area contributed by atoms with Gasteiger partial charge in [-0.15, -0.1) is 0 Å². The number of hydrogen-bond donors (Lipinski definition) is 1. The lowest BCUT2D eigenvalue weighted by atomic mass is 10.3. The molecule has 0 atom stereocenters. The highest BCUT2D eigenvalue weighted by Crippen LogP contribution is 2.31. The number of benzene rings is 1. The molecule has 0 spiro atoms. The number of nitrogen functional groups attached to an aromatic ring is 1. The van der Waals surface area contributed by atoms with Crippen LogP contribution in [0.1, 0.15) is 0 Å². The highest BCUT2D eigenvalue weighted by Gasteiger charge is 2.01. The van der Waals surface area contributed by atoms with Gasteiger partial charge in [-0.2, -0.15) is 0 Å². The third-order valence-electron chi connectivity index (χ3n) is 1.02. The van der Waals surface area contributed by atoms with Crippen LogP contribution >= 0.6 is 43.5 Å². The van der Waals surface area contributed by atoms with E-state index < -0.39 is 0 Å². The van der Waals surface area contributed by atoms with Gasteiger partial charge in [-0.25, -0.2) is 0 Å². The van der Waals surface area contributed by atoms with Crippen molar-refractivity contribution in [2.24, 2.45) is 0 Å². The van der Waals surface area contributed by atoms with Crippen LogP contribution in [0.4, 0.5) is 5.69 Å². The zero-order valence-corrected chi connectivity index (χ0v) is 8.79. The van der Waals surface area contributed by atoms with E-state index in [4.69, 9.17) is 17.3 Å². The van der Waals surface area contributed by atoms with E-state index in [9.17, 15) is 0 Å². The summed E-state index contributed by atoms with van der Waals surface area (Å²) in [4.78, 5) is 0. The molecule has 0 saturated carbocycles. The molecule has 54 valence electrons.